The van der Waals surface area contributed by atoms with Gasteiger partial charge >= 0.3 is 0 Å². The Bertz CT molecular complexity index is 698. The average Bonchev–Trinajstić information content (AvgIpc) is 2.83. The van der Waals surface area contributed by atoms with Crippen molar-refractivity contribution in [2.45, 2.75) is 58.3 Å². The van der Waals surface area contributed by atoms with Crippen LogP contribution in [0.4, 0.5) is 0 Å². The quantitative estimate of drug-likeness (QED) is 0.716. The Morgan fingerprint density at radius 2 is 2.05 bits per heavy atom. The fourth-order valence-electron chi connectivity index (χ4n) is 5.74. The van der Waals surface area contributed by atoms with Gasteiger partial charge in [-0.15, -0.1) is 0 Å². The number of carbonyl (C=O) groups excluding carboxylic acids is 1. The van der Waals surface area contributed by atoms with Crippen molar-refractivity contribution in [2.24, 2.45) is 17.3 Å². The fraction of sp³-hybridized carbons (Fsp3) is 0.600. The van der Waals surface area contributed by atoms with Crippen molar-refractivity contribution in [2.75, 3.05) is 0 Å². The molecule has 0 radical (unpaired) electrons. The average molecular weight is 293 g/mol. The zero-order valence-electron chi connectivity index (χ0n) is 13.5. The molecule has 114 valence electrons. The molecule has 0 bridgehead atoms. The molecule has 1 aromatic carbocycles. The summed E-state index contributed by atoms with van der Waals surface area (Å²) >= 11 is 0. The third-order valence-corrected chi connectivity index (χ3v) is 7.03. The first-order valence-corrected chi connectivity index (χ1v) is 8.62. The minimum Gasteiger partial charge on any atom is -0.299 e. The molecule has 0 aromatic heterocycles. The molecule has 4 atom stereocenters. The number of Topliss-reactive ketones (excluding diaryl/α,β-unsaturated/α-hetero) is 1. The molecule has 0 saturated heterocycles. The Kier molecular flexibility index (Phi) is 2.98. The molecular weight excluding hydrogens is 270 g/mol. The normalized spacial score (nSPS) is 36.2. The van der Waals surface area contributed by atoms with E-state index in [1.165, 1.54) is 23.1 Å². The number of ketones is 1. The van der Waals surface area contributed by atoms with E-state index < -0.39 is 0 Å². The number of nitriles is 1. The van der Waals surface area contributed by atoms with E-state index in [4.69, 9.17) is 0 Å². The summed E-state index contributed by atoms with van der Waals surface area (Å²) in [6.07, 6.45) is 6.36. The zero-order chi connectivity index (χ0) is 15.5. The minimum atomic E-state index is -0.0414. The topological polar surface area (TPSA) is 40.9 Å². The molecule has 3 aliphatic carbocycles. The van der Waals surface area contributed by atoms with Gasteiger partial charge in [0.2, 0.25) is 0 Å². The van der Waals surface area contributed by atoms with Gasteiger partial charge in [0.1, 0.15) is 5.78 Å². The predicted octanol–water partition coefficient (Wildman–Crippen LogP) is 4.29. The lowest BCUT2D eigenvalue weighted by atomic mass is 9.55. The molecule has 1 aromatic rings. The number of benzene rings is 1. The maximum Gasteiger partial charge on any atom is 0.139 e. The molecule has 4 rings (SSSR count). The van der Waals surface area contributed by atoms with Gasteiger partial charge in [-0.05, 0) is 79.5 Å². The first kappa shape index (κ1) is 14.0. The van der Waals surface area contributed by atoms with Gasteiger partial charge < -0.3 is 0 Å². The molecule has 0 N–H and O–H groups in total. The van der Waals surface area contributed by atoms with Crippen LogP contribution in [0.5, 0.6) is 0 Å². The van der Waals surface area contributed by atoms with Crippen molar-refractivity contribution in [3.63, 3.8) is 0 Å². The van der Waals surface area contributed by atoms with Crippen molar-refractivity contribution >= 4 is 5.78 Å². The van der Waals surface area contributed by atoms with Gasteiger partial charge in [0.15, 0.2) is 0 Å². The maximum absolute atomic E-state index is 12.4. The highest BCUT2D eigenvalue weighted by atomic mass is 16.1. The molecule has 22 heavy (non-hydrogen) atoms. The third-order valence-electron chi connectivity index (χ3n) is 7.03. The van der Waals surface area contributed by atoms with Crippen LogP contribution in [-0.4, -0.2) is 5.78 Å². The summed E-state index contributed by atoms with van der Waals surface area (Å²) in [5, 5.41) is 9.25. The Labute approximate surface area is 132 Å². The lowest BCUT2D eigenvalue weighted by Gasteiger charge is -2.48. The van der Waals surface area contributed by atoms with Crippen LogP contribution >= 0.6 is 0 Å². The highest BCUT2D eigenvalue weighted by Gasteiger charge is 2.54. The predicted molar refractivity (Wildman–Crippen MR) is 85.5 cm³/mol. The molecule has 2 fully saturated rings. The van der Waals surface area contributed by atoms with Crippen molar-refractivity contribution in [1.29, 1.82) is 5.26 Å². The van der Waals surface area contributed by atoms with Crippen molar-refractivity contribution in [3.05, 3.63) is 34.4 Å². The molecule has 2 nitrogen and oxygen atoms in total. The van der Waals surface area contributed by atoms with Crippen LogP contribution in [0.25, 0.3) is 0 Å². The zero-order valence-corrected chi connectivity index (χ0v) is 13.5. The Balaban J connectivity index is 1.75. The highest BCUT2D eigenvalue weighted by molar-refractivity contribution is 5.87. The molecule has 0 heterocycles. The van der Waals surface area contributed by atoms with Crippen molar-refractivity contribution in [3.8, 4) is 6.07 Å². The van der Waals surface area contributed by atoms with Gasteiger partial charge in [-0.3, -0.25) is 4.79 Å². The van der Waals surface area contributed by atoms with Gasteiger partial charge in [0.05, 0.1) is 11.6 Å². The molecule has 3 aliphatic rings. The Morgan fingerprint density at radius 3 is 2.82 bits per heavy atom. The summed E-state index contributed by atoms with van der Waals surface area (Å²) in [4.78, 5) is 12.4. The van der Waals surface area contributed by atoms with Gasteiger partial charge in [-0.25, -0.2) is 0 Å². The summed E-state index contributed by atoms with van der Waals surface area (Å²) in [6, 6.07) is 6.53. The minimum absolute atomic E-state index is 0.0414. The second-order valence-electron chi connectivity index (χ2n) is 7.75. The van der Waals surface area contributed by atoms with E-state index in [0.29, 0.717) is 23.5 Å². The van der Waals surface area contributed by atoms with Crippen LogP contribution < -0.4 is 0 Å². The lowest BCUT2D eigenvalue weighted by Crippen LogP contribution is -2.42. The van der Waals surface area contributed by atoms with E-state index in [1.54, 1.807) is 0 Å². The van der Waals surface area contributed by atoms with E-state index in [2.05, 4.69) is 26.0 Å². The maximum atomic E-state index is 12.4. The largest absolute Gasteiger partial charge is 0.299 e. The first-order chi connectivity index (χ1) is 10.6. The van der Waals surface area contributed by atoms with Crippen LogP contribution in [0.1, 0.15) is 67.2 Å². The lowest BCUT2D eigenvalue weighted by molar-refractivity contribution is -0.129. The summed E-state index contributed by atoms with van der Waals surface area (Å²) in [5.41, 5.74) is 4.88. The van der Waals surface area contributed by atoms with Crippen LogP contribution in [0.2, 0.25) is 0 Å². The number of fused-ring (bicyclic) bond motifs is 5. The molecular formula is C20H23NO. The molecule has 0 spiro atoms. The fourth-order valence-corrected chi connectivity index (χ4v) is 5.74. The first-order valence-electron chi connectivity index (χ1n) is 8.62. The summed E-state index contributed by atoms with van der Waals surface area (Å²) < 4.78 is 0. The van der Waals surface area contributed by atoms with Gasteiger partial charge in [-0.1, -0.05) is 13.0 Å². The van der Waals surface area contributed by atoms with Crippen LogP contribution in [0.3, 0.4) is 0 Å². The smallest absolute Gasteiger partial charge is 0.139 e. The van der Waals surface area contributed by atoms with E-state index >= 15 is 0 Å². The van der Waals surface area contributed by atoms with Crippen LogP contribution in [0.15, 0.2) is 12.1 Å². The van der Waals surface area contributed by atoms with Crippen LogP contribution in [-0.2, 0) is 11.2 Å². The van der Waals surface area contributed by atoms with Gasteiger partial charge in [0.25, 0.3) is 0 Å². The SMILES string of the molecule is Cc1c(C#N)ccc2c1CCC1C2CC[C@]2(C)C(=O)CCC12. The van der Waals surface area contributed by atoms with E-state index in [-0.39, 0.29) is 5.41 Å². The molecule has 3 unspecified atom stereocenters. The summed E-state index contributed by atoms with van der Waals surface area (Å²) in [5.74, 6) is 2.38. The number of nitrogens with zero attached hydrogens (tertiary/aromatic N) is 1. The summed E-state index contributed by atoms with van der Waals surface area (Å²) in [6.45, 7) is 4.33. The van der Waals surface area contributed by atoms with E-state index in [0.717, 1.165) is 37.7 Å². The Hall–Kier alpha value is -1.62. The highest BCUT2D eigenvalue weighted by Crippen LogP contribution is 2.59. The van der Waals surface area contributed by atoms with Gasteiger partial charge in [-0.2, -0.15) is 5.26 Å². The van der Waals surface area contributed by atoms with E-state index in [9.17, 15) is 10.1 Å². The standard InChI is InChI=1S/C20H23NO/c1-12-13(11-21)3-4-15-14(12)5-6-17-16(15)9-10-20(2)18(17)7-8-19(20)22/h3-4,16-18H,5-10H2,1-2H3/t16?,17?,18?,20-/m0/s1. The number of hydrogen-bond donors (Lipinski definition) is 0. The number of carbonyl (C=O) groups is 1. The third kappa shape index (κ3) is 1.69. The van der Waals surface area contributed by atoms with Crippen molar-refractivity contribution < 1.29 is 4.79 Å². The van der Waals surface area contributed by atoms with Crippen molar-refractivity contribution in [1.82, 2.24) is 0 Å². The van der Waals surface area contributed by atoms with Gasteiger partial charge in [0, 0.05) is 11.8 Å². The molecule has 2 heteroatoms. The second kappa shape index (κ2) is 4.69. The summed E-state index contributed by atoms with van der Waals surface area (Å²) in [7, 11) is 0. The second-order valence-corrected chi connectivity index (χ2v) is 7.75. The number of hydrogen-bond acceptors (Lipinski definition) is 2. The van der Waals surface area contributed by atoms with Crippen LogP contribution in [0, 0.1) is 35.5 Å². The van der Waals surface area contributed by atoms with E-state index in [1.807, 2.05) is 6.07 Å². The number of rotatable bonds is 0. The monoisotopic (exact) mass is 293 g/mol. The molecule has 0 amide bonds. The molecule has 2 saturated carbocycles. The Morgan fingerprint density at radius 1 is 1.23 bits per heavy atom. The molecule has 0 aliphatic heterocycles.